The Morgan fingerprint density at radius 1 is 1.04 bits per heavy atom. The summed E-state index contributed by atoms with van der Waals surface area (Å²) in [5.41, 5.74) is -0.421. The van der Waals surface area contributed by atoms with Gasteiger partial charge in [0.2, 0.25) is 5.79 Å². The molecule has 1 N–H and O–H groups in total. The van der Waals surface area contributed by atoms with Crippen LogP contribution in [0.5, 0.6) is 5.75 Å². The third kappa shape index (κ3) is 5.31. The Balaban J connectivity index is 0.00000312. The minimum absolute atomic E-state index is 0. The standard InChI is InChI=1S/C19H31NO4.ClH/c1-18(2,21)19(23-4,16-8-10-17(22-3)11-9-16)24-15-14-20-12-6-5-7-13-20;/h8-11,21H,5-7,12-15H2,1-4H3;1H. The van der Waals surface area contributed by atoms with E-state index in [-0.39, 0.29) is 12.4 Å². The van der Waals surface area contributed by atoms with Gasteiger partial charge in [-0.3, -0.25) is 0 Å². The topological polar surface area (TPSA) is 51.2 Å². The van der Waals surface area contributed by atoms with Crippen LogP contribution < -0.4 is 4.74 Å². The van der Waals surface area contributed by atoms with Gasteiger partial charge >= 0.3 is 0 Å². The van der Waals surface area contributed by atoms with Crippen molar-refractivity contribution in [2.45, 2.75) is 44.5 Å². The van der Waals surface area contributed by atoms with Gasteiger partial charge in [-0.2, -0.15) is 0 Å². The molecular formula is C19H32ClNO4. The van der Waals surface area contributed by atoms with Crippen LogP contribution in [0.4, 0.5) is 0 Å². The van der Waals surface area contributed by atoms with Gasteiger partial charge in [0.25, 0.3) is 0 Å². The molecule has 0 radical (unpaired) electrons. The predicted molar refractivity (Wildman–Crippen MR) is 101 cm³/mol. The molecule has 6 heteroatoms. The monoisotopic (exact) mass is 373 g/mol. The quantitative estimate of drug-likeness (QED) is 0.709. The first-order valence-corrected chi connectivity index (χ1v) is 8.71. The molecule has 0 saturated carbocycles. The molecule has 25 heavy (non-hydrogen) atoms. The van der Waals surface area contributed by atoms with E-state index >= 15 is 0 Å². The predicted octanol–water partition coefficient (Wildman–Crippen LogP) is 3.19. The number of likely N-dealkylation sites (tertiary alicyclic amines) is 1. The molecule has 0 spiro atoms. The Bertz CT molecular complexity index is 497. The lowest BCUT2D eigenvalue weighted by molar-refractivity contribution is -0.313. The fourth-order valence-corrected chi connectivity index (χ4v) is 3.35. The van der Waals surface area contributed by atoms with Crippen molar-refractivity contribution in [3.05, 3.63) is 29.8 Å². The number of aliphatic hydroxyl groups is 1. The minimum atomic E-state index is -1.21. The number of ether oxygens (including phenoxy) is 3. The highest BCUT2D eigenvalue weighted by molar-refractivity contribution is 5.85. The Morgan fingerprint density at radius 3 is 2.12 bits per heavy atom. The van der Waals surface area contributed by atoms with E-state index in [1.165, 1.54) is 19.3 Å². The van der Waals surface area contributed by atoms with Crippen LogP contribution in [0.15, 0.2) is 24.3 Å². The number of methoxy groups -OCH3 is 2. The maximum Gasteiger partial charge on any atom is 0.223 e. The number of piperidine rings is 1. The van der Waals surface area contributed by atoms with Crippen molar-refractivity contribution in [1.29, 1.82) is 0 Å². The van der Waals surface area contributed by atoms with Crippen LogP contribution in [-0.4, -0.2) is 56.1 Å². The summed E-state index contributed by atoms with van der Waals surface area (Å²) < 4.78 is 17.1. The highest BCUT2D eigenvalue weighted by Gasteiger charge is 2.47. The summed E-state index contributed by atoms with van der Waals surface area (Å²) in [5.74, 6) is -0.456. The molecule has 1 aliphatic heterocycles. The summed E-state index contributed by atoms with van der Waals surface area (Å²) in [6.45, 7) is 7.01. The molecule has 1 saturated heterocycles. The van der Waals surface area contributed by atoms with Gasteiger partial charge in [-0.15, -0.1) is 12.4 Å². The second kappa shape index (κ2) is 9.74. The van der Waals surface area contributed by atoms with E-state index in [1.807, 2.05) is 24.3 Å². The summed E-state index contributed by atoms with van der Waals surface area (Å²) in [7, 11) is 3.20. The molecule has 144 valence electrons. The molecule has 1 heterocycles. The fraction of sp³-hybridized carbons (Fsp3) is 0.684. The van der Waals surface area contributed by atoms with Crippen molar-refractivity contribution in [3.8, 4) is 5.75 Å². The van der Waals surface area contributed by atoms with E-state index < -0.39 is 11.4 Å². The Hall–Kier alpha value is -0.850. The number of nitrogens with zero attached hydrogens (tertiary/aromatic N) is 1. The average molecular weight is 374 g/mol. The van der Waals surface area contributed by atoms with Gasteiger partial charge in [-0.25, -0.2) is 0 Å². The molecule has 5 nitrogen and oxygen atoms in total. The van der Waals surface area contributed by atoms with Crippen LogP contribution in [-0.2, 0) is 15.3 Å². The molecule has 0 amide bonds. The summed E-state index contributed by atoms with van der Waals surface area (Å²) in [6.07, 6.45) is 3.81. The van der Waals surface area contributed by atoms with Gasteiger partial charge in [-0.1, -0.05) is 6.42 Å². The van der Waals surface area contributed by atoms with Crippen LogP contribution in [0.2, 0.25) is 0 Å². The molecule has 0 aromatic heterocycles. The van der Waals surface area contributed by atoms with Gasteiger partial charge in [0.1, 0.15) is 11.4 Å². The molecule has 1 fully saturated rings. The molecule has 1 unspecified atom stereocenters. The summed E-state index contributed by atoms with van der Waals surface area (Å²) in [5, 5.41) is 10.7. The van der Waals surface area contributed by atoms with Crippen molar-refractivity contribution in [1.82, 2.24) is 4.90 Å². The van der Waals surface area contributed by atoms with Crippen molar-refractivity contribution in [2.75, 3.05) is 40.5 Å². The van der Waals surface area contributed by atoms with Crippen molar-refractivity contribution < 1.29 is 19.3 Å². The maximum atomic E-state index is 10.7. The second-order valence-corrected chi connectivity index (χ2v) is 6.86. The summed E-state index contributed by atoms with van der Waals surface area (Å²) in [6, 6.07) is 7.45. The van der Waals surface area contributed by atoms with Crippen LogP contribution in [0, 0.1) is 0 Å². The Labute approximate surface area is 157 Å². The fourth-order valence-electron chi connectivity index (χ4n) is 3.35. The largest absolute Gasteiger partial charge is 0.497 e. The van der Waals surface area contributed by atoms with E-state index in [0.29, 0.717) is 6.61 Å². The zero-order chi connectivity index (χ0) is 17.6. The first-order chi connectivity index (χ1) is 11.4. The maximum absolute atomic E-state index is 10.7. The first-order valence-electron chi connectivity index (χ1n) is 8.71. The summed E-state index contributed by atoms with van der Waals surface area (Å²) >= 11 is 0. The first kappa shape index (κ1) is 22.2. The lowest BCUT2D eigenvalue weighted by Gasteiger charge is -2.42. The molecule has 0 aliphatic carbocycles. The lowest BCUT2D eigenvalue weighted by Crippen LogP contribution is -2.52. The van der Waals surface area contributed by atoms with Crippen LogP contribution in [0.3, 0.4) is 0 Å². The third-order valence-corrected chi connectivity index (χ3v) is 4.72. The SMILES string of the molecule is COc1ccc(C(OC)(OCCN2CCCCC2)C(C)(C)O)cc1.Cl. The third-order valence-electron chi connectivity index (χ3n) is 4.72. The van der Waals surface area contributed by atoms with E-state index in [4.69, 9.17) is 14.2 Å². The van der Waals surface area contributed by atoms with Crippen LogP contribution >= 0.6 is 12.4 Å². The second-order valence-electron chi connectivity index (χ2n) is 6.86. The molecule has 0 bridgehead atoms. The van der Waals surface area contributed by atoms with Gasteiger partial charge in [0.05, 0.1) is 13.7 Å². The van der Waals surface area contributed by atoms with Gasteiger partial charge < -0.3 is 24.2 Å². The molecule has 2 rings (SSSR count). The zero-order valence-electron chi connectivity index (χ0n) is 15.8. The van der Waals surface area contributed by atoms with Gasteiger partial charge in [0, 0.05) is 19.2 Å². The van der Waals surface area contributed by atoms with Gasteiger partial charge in [-0.05, 0) is 64.0 Å². The summed E-state index contributed by atoms with van der Waals surface area (Å²) in [4.78, 5) is 2.41. The van der Waals surface area contributed by atoms with Crippen LogP contribution in [0.25, 0.3) is 0 Å². The van der Waals surface area contributed by atoms with E-state index in [9.17, 15) is 5.11 Å². The molecule has 1 aliphatic rings. The van der Waals surface area contributed by atoms with E-state index in [0.717, 1.165) is 30.9 Å². The Morgan fingerprint density at radius 2 is 1.64 bits per heavy atom. The molecular weight excluding hydrogens is 342 g/mol. The van der Waals surface area contributed by atoms with Gasteiger partial charge in [0.15, 0.2) is 0 Å². The zero-order valence-corrected chi connectivity index (χ0v) is 16.6. The average Bonchev–Trinajstić information content (AvgIpc) is 2.59. The van der Waals surface area contributed by atoms with Crippen molar-refractivity contribution in [2.24, 2.45) is 0 Å². The highest BCUT2D eigenvalue weighted by Crippen LogP contribution is 2.38. The molecule has 1 aromatic carbocycles. The number of benzene rings is 1. The Kier molecular flexibility index (Phi) is 8.64. The normalized spacial score (nSPS) is 18.3. The molecule has 1 atom stereocenters. The molecule has 1 aromatic rings. The number of rotatable bonds is 8. The lowest BCUT2D eigenvalue weighted by atomic mass is 9.90. The van der Waals surface area contributed by atoms with E-state index in [1.54, 1.807) is 28.1 Å². The van der Waals surface area contributed by atoms with Crippen molar-refractivity contribution in [3.63, 3.8) is 0 Å². The smallest absolute Gasteiger partial charge is 0.223 e. The van der Waals surface area contributed by atoms with Crippen LogP contribution in [0.1, 0.15) is 38.7 Å². The van der Waals surface area contributed by atoms with Crippen molar-refractivity contribution >= 4 is 12.4 Å². The highest BCUT2D eigenvalue weighted by atomic mass is 35.5. The number of hydrogen-bond acceptors (Lipinski definition) is 5. The minimum Gasteiger partial charge on any atom is -0.497 e. The number of hydrogen-bond donors (Lipinski definition) is 1. The van der Waals surface area contributed by atoms with E-state index in [2.05, 4.69) is 4.90 Å². The number of halogens is 1.